The summed E-state index contributed by atoms with van der Waals surface area (Å²) >= 11 is 15.9. The first kappa shape index (κ1) is 24.5. The molecule has 3 N–H and O–H groups in total. The van der Waals surface area contributed by atoms with Gasteiger partial charge in [-0.3, -0.25) is 9.59 Å². The van der Waals surface area contributed by atoms with Crippen LogP contribution in [0.15, 0.2) is 46.9 Å². The molecule has 5 nitrogen and oxygen atoms in total. The summed E-state index contributed by atoms with van der Waals surface area (Å²) in [6.45, 7) is 2.99. The minimum absolute atomic E-state index is 0.0960. The van der Waals surface area contributed by atoms with Gasteiger partial charge in [0.15, 0.2) is 0 Å². The molecule has 2 unspecified atom stereocenters. The monoisotopic (exact) mass is 551 g/mol. The first-order valence-electron chi connectivity index (χ1n) is 11.3. The first-order valence-corrected chi connectivity index (χ1v) is 12.9. The van der Waals surface area contributed by atoms with E-state index < -0.39 is 11.5 Å². The zero-order valence-electron chi connectivity index (χ0n) is 18.5. The molecule has 1 aliphatic heterocycles. The number of carbonyl (C=O) groups is 2. The minimum Gasteiger partial charge on any atom is -0.351 e. The maximum absolute atomic E-state index is 13.5. The molecule has 2 aliphatic rings. The van der Waals surface area contributed by atoms with E-state index in [0.717, 1.165) is 35.0 Å². The van der Waals surface area contributed by atoms with E-state index in [0.29, 0.717) is 35.3 Å². The van der Waals surface area contributed by atoms with E-state index in [1.54, 1.807) is 12.1 Å². The van der Waals surface area contributed by atoms with Crippen molar-refractivity contribution in [3.05, 3.63) is 68.1 Å². The van der Waals surface area contributed by atoms with E-state index >= 15 is 0 Å². The fourth-order valence-electron chi connectivity index (χ4n) is 4.55. The van der Waals surface area contributed by atoms with Crippen LogP contribution >= 0.6 is 39.1 Å². The molecule has 4 rings (SSSR count). The Balaban J connectivity index is 1.52. The smallest absolute Gasteiger partial charge is 0.243 e. The number of rotatable bonds is 7. The highest BCUT2D eigenvalue weighted by molar-refractivity contribution is 9.10. The van der Waals surface area contributed by atoms with Crippen LogP contribution in [-0.2, 0) is 21.4 Å². The lowest BCUT2D eigenvalue weighted by Gasteiger charge is -2.30. The lowest BCUT2D eigenvalue weighted by atomic mass is 9.93. The highest BCUT2D eigenvalue weighted by Crippen LogP contribution is 2.51. The Morgan fingerprint density at radius 2 is 1.91 bits per heavy atom. The Labute approximate surface area is 213 Å². The van der Waals surface area contributed by atoms with Crippen molar-refractivity contribution >= 4 is 50.9 Å². The third kappa shape index (κ3) is 5.91. The molecule has 1 aliphatic carbocycles. The van der Waals surface area contributed by atoms with Gasteiger partial charge in [-0.05, 0) is 74.5 Å². The molecule has 2 amide bonds. The molecule has 1 saturated heterocycles. The Bertz CT molecular complexity index is 1030. The predicted molar refractivity (Wildman–Crippen MR) is 136 cm³/mol. The molecule has 0 bridgehead atoms. The van der Waals surface area contributed by atoms with Crippen LogP contribution in [0.3, 0.4) is 0 Å². The Morgan fingerprint density at radius 3 is 2.55 bits per heavy atom. The third-order valence-corrected chi connectivity index (χ3v) is 7.65. The summed E-state index contributed by atoms with van der Waals surface area (Å²) in [5.74, 6) is -0.314. The van der Waals surface area contributed by atoms with Crippen molar-refractivity contribution in [2.24, 2.45) is 0 Å². The predicted octanol–water partition coefficient (Wildman–Crippen LogP) is 4.77. The summed E-state index contributed by atoms with van der Waals surface area (Å²) < 4.78 is 0.967. The molecule has 1 heterocycles. The lowest BCUT2D eigenvalue weighted by Crippen LogP contribution is -2.55. The van der Waals surface area contributed by atoms with Crippen LogP contribution in [0.2, 0.25) is 10.0 Å². The van der Waals surface area contributed by atoms with Gasteiger partial charge in [0.2, 0.25) is 11.8 Å². The summed E-state index contributed by atoms with van der Waals surface area (Å²) in [7, 11) is 0. The number of hydrogen-bond acceptors (Lipinski definition) is 3. The highest BCUT2D eigenvalue weighted by atomic mass is 79.9. The SMILES string of the molecule is CC1CC(NC(=O)[C@H](Cc2ccc(Br)cc2)NC(=O)C2(c3ccc(Cl)cc3Cl)CC2)CCN1. The second-order valence-corrected chi connectivity index (χ2v) is 10.9. The quantitative estimate of drug-likeness (QED) is 0.463. The molecule has 33 heavy (non-hydrogen) atoms. The number of benzene rings is 2. The van der Waals surface area contributed by atoms with Crippen LogP contribution in [0.4, 0.5) is 0 Å². The second kappa shape index (κ2) is 10.3. The maximum atomic E-state index is 13.5. The molecular weight excluding hydrogens is 525 g/mol. The average molecular weight is 553 g/mol. The lowest BCUT2D eigenvalue weighted by molar-refractivity contribution is -0.130. The van der Waals surface area contributed by atoms with E-state index in [9.17, 15) is 9.59 Å². The summed E-state index contributed by atoms with van der Waals surface area (Å²) in [5.41, 5.74) is 1.04. The van der Waals surface area contributed by atoms with Gasteiger partial charge in [0, 0.05) is 33.0 Å². The molecule has 0 aromatic heterocycles. The molecule has 1 saturated carbocycles. The molecule has 3 atom stereocenters. The molecule has 2 aromatic carbocycles. The first-order chi connectivity index (χ1) is 15.8. The fraction of sp³-hybridized carbons (Fsp3) is 0.440. The number of halogens is 3. The molecule has 0 spiro atoms. The fourth-order valence-corrected chi connectivity index (χ4v) is 5.40. The zero-order valence-corrected chi connectivity index (χ0v) is 21.6. The normalized spacial score (nSPS) is 22.3. The van der Waals surface area contributed by atoms with Gasteiger partial charge in [-0.25, -0.2) is 0 Å². The van der Waals surface area contributed by atoms with E-state index in [1.165, 1.54) is 0 Å². The Hall–Kier alpha value is -1.60. The number of hydrogen-bond donors (Lipinski definition) is 3. The zero-order chi connectivity index (χ0) is 23.6. The minimum atomic E-state index is -0.705. The van der Waals surface area contributed by atoms with Gasteiger partial charge >= 0.3 is 0 Å². The van der Waals surface area contributed by atoms with Gasteiger partial charge in [-0.15, -0.1) is 0 Å². The summed E-state index contributed by atoms with van der Waals surface area (Å²) in [6, 6.07) is 12.8. The van der Waals surface area contributed by atoms with Gasteiger partial charge in [0.25, 0.3) is 0 Å². The van der Waals surface area contributed by atoms with Crippen molar-refractivity contribution in [3.8, 4) is 0 Å². The largest absolute Gasteiger partial charge is 0.351 e. The molecule has 2 aromatic rings. The summed E-state index contributed by atoms with van der Waals surface area (Å²) in [6.07, 6.45) is 3.54. The van der Waals surface area contributed by atoms with Gasteiger partial charge in [-0.1, -0.05) is 57.3 Å². The third-order valence-electron chi connectivity index (χ3n) is 6.58. The van der Waals surface area contributed by atoms with E-state index in [4.69, 9.17) is 23.2 Å². The van der Waals surface area contributed by atoms with Crippen molar-refractivity contribution < 1.29 is 9.59 Å². The van der Waals surface area contributed by atoms with Crippen LogP contribution in [0.25, 0.3) is 0 Å². The molecule has 0 radical (unpaired) electrons. The Morgan fingerprint density at radius 1 is 1.18 bits per heavy atom. The highest BCUT2D eigenvalue weighted by Gasteiger charge is 2.53. The number of nitrogens with one attached hydrogen (secondary N) is 3. The van der Waals surface area contributed by atoms with Crippen molar-refractivity contribution in [1.29, 1.82) is 0 Å². The van der Waals surface area contributed by atoms with Crippen molar-refractivity contribution in [1.82, 2.24) is 16.0 Å². The van der Waals surface area contributed by atoms with Crippen LogP contribution in [0, 0.1) is 0 Å². The molecule has 2 fully saturated rings. The molecule has 176 valence electrons. The van der Waals surface area contributed by atoms with E-state index in [2.05, 4.69) is 38.8 Å². The van der Waals surface area contributed by atoms with Crippen LogP contribution in [0.5, 0.6) is 0 Å². The average Bonchev–Trinajstić information content (AvgIpc) is 3.56. The number of piperidine rings is 1. The number of carbonyl (C=O) groups excluding carboxylic acids is 2. The van der Waals surface area contributed by atoms with E-state index in [1.807, 2.05) is 30.3 Å². The van der Waals surface area contributed by atoms with E-state index in [-0.39, 0.29) is 17.9 Å². The summed E-state index contributed by atoms with van der Waals surface area (Å²) in [4.78, 5) is 26.8. The van der Waals surface area contributed by atoms with Crippen LogP contribution in [0.1, 0.15) is 43.7 Å². The standard InChI is InChI=1S/C25H28BrCl2N3O2/c1-15-12-19(8-11-29-15)30-23(32)22(13-16-2-4-17(26)5-3-16)31-24(33)25(9-10-25)20-7-6-18(27)14-21(20)28/h2-7,14-15,19,22,29H,8-13H2,1H3,(H,30,32)(H,31,33)/t15?,19?,22-/m0/s1. The van der Waals surface area contributed by atoms with Crippen LogP contribution in [-0.4, -0.2) is 36.5 Å². The topological polar surface area (TPSA) is 70.2 Å². The van der Waals surface area contributed by atoms with Gasteiger partial charge < -0.3 is 16.0 Å². The summed E-state index contributed by atoms with van der Waals surface area (Å²) in [5, 5.41) is 10.6. The molecular formula is C25H28BrCl2N3O2. The number of amides is 2. The second-order valence-electron chi connectivity index (χ2n) is 9.15. The molecule has 8 heteroatoms. The van der Waals surface area contributed by atoms with Crippen molar-refractivity contribution in [2.75, 3.05) is 6.54 Å². The van der Waals surface area contributed by atoms with Crippen LogP contribution < -0.4 is 16.0 Å². The van der Waals surface area contributed by atoms with Gasteiger partial charge in [-0.2, -0.15) is 0 Å². The van der Waals surface area contributed by atoms with Crippen molar-refractivity contribution in [3.63, 3.8) is 0 Å². The van der Waals surface area contributed by atoms with Gasteiger partial charge in [0.1, 0.15) is 6.04 Å². The Kier molecular flexibility index (Phi) is 7.69. The van der Waals surface area contributed by atoms with Gasteiger partial charge in [0.05, 0.1) is 5.41 Å². The van der Waals surface area contributed by atoms with Crippen molar-refractivity contribution in [2.45, 2.75) is 62.6 Å². The maximum Gasteiger partial charge on any atom is 0.243 e.